The van der Waals surface area contributed by atoms with Gasteiger partial charge in [-0.2, -0.15) is 0 Å². The van der Waals surface area contributed by atoms with Gasteiger partial charge >= 0.3 is 0 Å². The van der Waals surface area contributed by atoms with Crippen LogP contribution in [0.4, 0.5) is 11.4 Å². The number of rotatable bonds is 9. The van der Waals surface area contributed by atoms with E-state index in [9.17, 15) is 9.59 Å². The van der Waals surface area contributed by atoms with E-state index in [2.05, 4.69) is 20.8 Å². The number of anilines is 2. The number of carbonyl (C=O) groups is 2. The Labute approximate surface area is 195 Å². The Kier molecular flexibility index (Phi) is 8.13. The molecule has 0 bridgehead atoms. The summed E-state index contributed by atoms with van der Waals surface area (Å²) in [6.45, 7) is 1.90. The van der Waals surface area contributed by atoms with E-state index in [1.807, 2.05) is 26.1 Å². The number of amides is 2. The summed E-state index contributed by atoms with van der Waals surface area (Å²) < 4.78 is 6.90. The molecule has 0 aliphatic rings. The molecule has 0 fully saturated rings. The number of halogens is 1. The van der Waals surface area contributed by atoms with Crippen molar-refractivity contribution in [2.45, 2.75) is 24.9 Å². The lowest BCUT2D eigenvalue weighted by Crippen LogP contribution is -2.15. The Bertz CT molecular complexity index is 1100. The van der Waals surface area contributed by atoms with Crippen molar-refractivity contribution in [3.8, 4) is 5.75 Å². The number of hydrogen-bond acceptors (Lipinski definition) is 6. The number of nitrogens with zero attached hydrogens (tertiary/aromatic N) is 3. The van der Waals surface area contributed by atoms with Crippen LogP contribution < -0.4 is 15.4 Å². The maximum absolute atomic E-state index is 12.3. The van der Waals surface area contributed by atoms with Crippen LogP contribution in [0.1, 0.15) is 17.8 Å². The average Bonchev–Trinajstić information content (AvgIpc) is 3.13. The van der Waals surface area contributed by atoms with Gasteiger partial charge in [0, 0.05) is 36.3 Å². The molecule has 0 atom stereocenters. The molecule has 0 saturated carbocycles. The first-order valence-electron chi connectivity index (χ1n) is 9.86. The minimum Gasteiger partial charge on any atom is -0.497 e. The van der Waals surface area contributed by atoms with E-state index in [0.29, 0.717) is 33.8 Å². The molecule has 0 spiro atoms. The minimum atomic E-state index is -0.152. The number of hydrogen-bond donors (Lipinski definition) is 2. The van der Waals surface area contributed by atoms with Gasteiger partial charge in [-0.3, -0.25) is 9.59 Å². The fourth-order valence-electron chi connectivity index (χ4n) is 2.81. The molecule has 2 aromatic carbocycles. The third-order valence-corrected chi connectivity index (χ3v) is 6.09. The summed E-state index contributed by atoms with van der Waals surface area (Å²) in [6.07, 6.45) is 0.674. The van der Waals surface area contributed by atoms with Crippen LogP contribution in [0.5, 0.6) is 5.75 Å². The van der Waals surface area contributed by atoms with Gasteiger partial charge < -0.3 is 19.9 Å². The third-order valence-electron chi connectivity index (χ3n) is 4.66. The summed E-state index contributed by atoms with van der Waals surface area (Å²) in [5.74, 6) is 1.29. The highest BCUT2D eigenvalue weighted by molar-refractivity contribution is 7.99. The van der Waals surface area contributed by atoms with Gasteiger partial charge in [-0.05, 0) is 48.9 Å². The van der Waals surface area contributed by atoms with Crippen LogP contribution in [-0.2, 0) is 23.1 Å². The average molecular weight is 474 g/mol. The Hall–Kier alpha value is -3.04. The van der Waals surface area contributed by atoms with Gasteiger partial charge in [0.1, 0.15) is 11.6 Å². The van der Waals surface area contributed by atoms with Gasteiger partial charge in [0.2, 0.25) is 11.8 Å². The fourth-order valence-corrected chi connectivity index (χ4v) is 3.72. The second-order valence-corrected chi connectivity index (χ2v) is 8.39. The summed E-state index contributed by atoms with van der Waals surface area (Å²) in [5, 5.41) is 15.1. The monoisotopic (exact) mass is 473 g/mol. The van der Waals surface area contributed by atoms with Crippen molar-refractivity contribution in [1.82, 2.24) is 14.8 Å². The zero-order valence-corrected chi connectivity index (χ0v) is 19.6. The molecule has 1 heterocycles. The van der Waals surface area contributed by atoms with Crippen molar-refractivity contribution in [1.29, 1.82) is 0 Å². The van der Waals surface area contributed by atoms with Crippen LogP contribution >= 0.6 is 23.4 Å². The molecule has 10 heteroatoms. The number of carbonyl (C=O) groups excluding carboxylic acids is 2. The summed E-state index contributed by atoms with van der Waals surface area (Å²) in [6, 6.07) is 12.5. The highest BCUT2D eigenvalue weighted by atomic mass is 35.5. The molecule has 2 N–H and O–H groups in total. The maximum Gasteiger partial charge on any atom is 0.234 e. The first-order valence-corrected chi connectivity index (χ1v) is 11.2. The molecule has 3 rings (SSSR count). The minimum absolute atomic E-state index is 0.138. The van der Waals surface area contributed by atoms with Crippen molar-refractivity contribution in [2.75, 3.05) is 23.5 Å². The number of aryl methyl sites for hydroxylation is 2. The van der Waals surface area contributed by atoms with E-state index >= 15 is 0 Å². The Morgan fingerprint density at radius 1 is 1.06 bits per heavy atom. The van der Waals surface area contributed by atoms with E-state index in [1.54, 1.807) is 42.0 Å². The molecule has 168 valence electrons. The molecule has 0 aliphatic carbocycles. The first-order chi connectivity index (χ1) is 15.4. The third kappa shape index (κ3) is 6.48. The smallest absolute Gasteiger partial charge is 0.234 e. The summed E-state index contributed by atoms with van der Waals surface area (Å²) in [5.41, 5.74) is 2.30. The van der Waals surface area contributed by atoms with Crippen LogP contribution in [0.15, 0.2) is 47.6 Å². The largest absolute Gasteiger partial charge is 0.497 e. The van der Waals surface area contributed by atoms with Crippen molar-refractivity contribution in [2.24, 2.45) is 7.05 Å². The molecule has 0 unspecified atom stereocenters. The normalized spacial score (nSPS) is 10.6. The maximum atomic E-state index is 12.3. The second-order valence-electron chi connectivity index (χ2n) is 7.04. The summed E-state index contributed by atoms with van der Waals surface area (Å²) in [4.78, 5) is 24.5. The van der Waals surface area contributed by atoms with E-state index < -0.39 is 0 Å². The molecule has 0 radical (unpaired) electrons. The van der Waals surface area contributed by atoms with Gasteiger partial charge in [0.15, 0.2) is 5.16 Å². The van der Waals surface area contributed by atoms with E-state index in [-0.39, 0.29) is 24.0 Å². The summed E-state index contributed by atoms with van der Waals surface area (Å²) in [7, 11) is 3.41. The van der Waals surface area contributed by atoms with Crippen LogP contribution in [0.3, 0.4) is 0 Å². The highest BCUT2D eigenvalue weighted by Gasteiger charge is 2.13. The van der Waals surface area contributed by atoms with Crippen molar-refractivity contribution in [3.05, 3.63) is 58.9 Å². The van der Waals surface area contributed by atoms with Crippen LogP contribution in [-0.4, -0.2) is 39.4 Å². The predicted molar refractivity (Wildman–Crippen MR) is 126 cm³/mol. The molecule has 0 saturated heterocycles. The zero-order chi connectivity index (χ0) is 23.1. The van der Waals surface area contributed by atoms with E-state index in [4.69, 9.17) is 16.3 Å². The topological polar surface area (TPSA) is 98.1 Å². The van der Waals surface area contributed by atoms with Crippen LogP contribution in [0.25, 0.3) is 0 Å². The molecular weight excluding hydrogens is 450 g/mol. The standard InChI is InChI=1S/C22H24ClN5O3S/c1-14-4-5-16(12-18(14)23)25-20(29)11-10-19-26-27-22(28(19)2)32-13-21(30)24-15-6-8-17(31-3)9-7-15/h4-9,12H,10-11,13H2,1-3H3,(H,24,30)(H,25,29). The Balaban J connectivity index is 1.47. The zero-order valence-electron chi connectivity index (χ0n) is 18.0. The van der Waals surface area contributed by atoms with Crippen LogP contribution in [0.2, 0.25) is 5.02 Å². The number of methoxy groups -OCH3 is 1. The van der Waals surface area contributed by atoms with Crippen molar-refractivity contribution < 1.29 is 14.3 Å². The molecule has 3 aromatic rings. The molecule has 8 nitrogen and oxygen atoms in total. The number of thioether (sulfide) groups is 1. The molecule has 1 aromatic heterocycles. The lowest BCUT2D eigenvalue weighted by atomic mass is 10.2. The van der Waals surface area contributed by atoms with E-state index in [0.717, 1.165) is 11.3 Å². The number of benzene rings is 2. The van der Waals surface area contributed by atoms with Gasteiger partial charge in [-0.1, -0.05) is 29.4 Å². The number of nitrogens with one attached hydrogen (secondary N) is 2. The Morgan fingerprint density at radius 2 is 1.75 bits per heavy atom. The molecule has 0 aliphatic heterocycles. The number of ether oxygens (including phenoxy) is 1. The van der Waals surface area contributed by atoms with Gasteiger partial charge in [0.25, 0.3) is 0 Å². The van der Waals surface area contributed by atoms with Gasteiger partial charge in [-0.25, -0.2) is 0 Å². The molecule has 2 amide bonds. The van der Waals surface area contributed by atoms with Crippen molar-refractivity contribution >= 4 is 46.6 Å². The van der Waals surface area contributed by atoms with E-state index in [1.165, 1.54) is 11.8 Å². The number of aromatic nitrogens is 3. The first kappa shape index (κ1) is 23.6. The Morgan fingerprint density at radius 3 is 2.44 bits per heavy atom. The predicted octanol–water partition coefficient (Wildman–Crippen LogP) is 4.09. The van der Waals surface area contributed by atoms with Gasteiger partial charge in [-0.15, -0.1) is 10.2 Å². The van der Waals surface area contributed by atoms with Crippen molar-refractivity contribution in [3.63, 3.8) is 0 Å². The quantitative estimate of drug-likeness (QED) is 0.454. The fraction of sp³-hybridized carbons (Fsp3) is 0.273. The summed E-state index contributed by atoms with van der Waals surface area (Å²) >= 11 is 7.37. The van der Waals surface area contributed by atoms with Crippen LogP contribution in [0, 0.1) is 6.92 Å². The second kappa shape index (κ2) is 11.0. The SMILES string of the molecule is COc1ccc(NC(=O)CSc2nnc(CCC(=O)Nc3ccc(C)c(Cl)c3)n2C)cc1. The molecule has 32 heavy (non-hydrogen) atoms. The molecular formula is C22H24ClN5O3S. The van der Waals surface area contributed by atoms with Gasteiger partial charge in [0.05, 0.1) is 12.9 Å². The highest BCUT2D eigenvalue weighted by Crippen LogP contribution is 2.21. The lowest BCUT2D eigenvalue weighted by Gasteiger charge is -2.07. The lowest BCUT2D eigenvalue weighted by molar-refractivity contribution is -0.116.